The molecular formula is C14H12ClFN2. The minimum absolute atomic E-state index is 0.0798. The van der Waals surface area contributed by atoms with Gasteiger partial charge in [-0.3, -0.25) is 0 Å². The molecule has 0 saturated carbocycles. The minimum Gasteiger partial charge on any atom is -0.359 e. The van der Waals surface area contributed by atoms with Crippen LogP contribution in [0.2, 0.25) is 0 Å². The summed E-state index contributed by atoms with van der Waals surface area (Å²) in [7, 11) is 0. The molecule has 0 bridgehead atoms. The summed E-state index contributed by atoms with van der Waals surface area (Å²) in [5.74, 6) is -0.101. The third-order valence-corrected chi connectivity index (χ3v) is 3.62. The number of pyridine rings is 1. The van der Waals surface area contributed by atoms with Crippen molar-refractivity contribution in [3.63, 3.8) is 0 Å². The Balaban J connectivity index is 1.92. The van der Waals surface area contributed by atoms with Crippen molar-refractivity contribution in [3.05, 3.63) is 59.5 Å². The highest BCUT2D eigenvalue weighted by molar-refractivity contribution is 6.21. The third-order valence-electron chi connectivity index (χ3n) is 3.22. The van der Waals surface area contributed by atoms with Gasteiger partial charge in [0.15, 0.2) is 11.6 Å². The SMILES string of the molecule is Fc1cccnc1NC1c2ccccc2CC1Cl. The first-order valence-corrected chi connectivity index (χ1v) is 6.28. The van der Waals surface area contributed by atoms with Gasteiger partial charge in [0.05, 0.1) is 11.4 Å². The Morgan fingerprint density at radius 3 is 2.89 bits per heavy atom. The van der Waals surface area contributed by atoms with Gasteiger partial charge in [-0.05, 0) is 29.7 Å². The molecule has 2 unspecified atom stereocenters. The predicted molar refractivity (Wildman–Crippen MR) is 70.3 cm³/mol. The van der Waals surface area contributed by atoms with E-state index < -0.39 is 0 Å². The van der Waals surface area contributed by atoms with E-state index in [2.05, 4.69) is 16.4 Å². The van der Waals surface area contributed by atoms with E-state index in [1.807, 2.05) is 18.2 Å². The third kappa shape index (κ3) is 1.95. The van der Waals surface area contributed by atoms with E-state index in [1.54, 1.807) is 12.3 Å². The molecule has 0 aliphatic heterocycles. The van der Waals surface area contributed by atoms with Gasteiger partial charge >= 0.3 is 0 Å². The van der Waals surface area contributed by atoms with Crippen molar-refractivity contribution in [1.82, 2.24) is 4.98 Å². The Morgan fingerprint density at radius 2 is 2.06 bits per heavy atom. The van der Waals surface area contributed by atoms with Gasteiger partial charge in [-0.15, -0.1) is 11.6 Å². The number of nitrogens with zero attached hydrogens (tertiary/aromatic N) is 1. The second-order valence-corrected chi connectivity index (χ2v) is 4.94. The van der Waals surface area contributed by atoms with Gasteiger partial charge in [-0.25, -0.2) is 9.37 Å². The highest BCUT2D eigenvalue weighted by Crippen LogP contribution is 2.37. The maximum atomic E-state index is 13.6. The maximum Gasteiger partial charge on any atom is 0.165 e. The van der Waals surface area contributed by atoms with Crippen LogP contribution in [0.4, 0.5) is 10.2 Å². The van der Waals surface area contributed by atoms with Crippen molar-refractivity contribution in [2.75, 3.05) is 5.32 Å². The number of halogens is 2. The van der Waals surface area contributed by atoms with Gasteiger partial charge < -0.3 is 5.32 Å². The molecule has 2 nitrogen and oxygen atoms in total. The van der Waals surface area contributed by atoms with Crippen LogP contribution in [0.3, 0.4) is 0 Å². The first-order chi connectivity index (χ1) is 8.75. The van der Waals surface area contributed by atoms with Gasteiger partial charge in [-0.2, -0.15) is 0 Å². The van der Waals surface area contributed by atoms with Crippen LogP contribution in [0.1, 0.15) is 17.2 Å². The van der Waals surface area contributed by atoms with Crippen molar-refractivity contribution in [2.24, 2.45) is 0 Å². The molecule has 0 spiro atoms. The first kappa shape index (κ1) is 11.5. The van der Waals surface area contributed by atoms with Crippen LogP contribution in [-0.2, 0) is 6.42 Å². The summed E-state index contributed by atoms with van der Waals surface area (Å²) in [6.07, 6.45) is 2.36. The van der Waals surface area contributed by atoms with Crippen molar-refractivity contribution >= 4 is 17.4 Å². The zero-order valence-corrected chi connectivity index (χ0v) is 10.4. The molecule has 2 atom stereocenters. The van der Waals surface area contributed by atoms with Crippen molar-refractivity contribution in [3.8, 4) is 0 Å². The summed E-state index contributed by atoms with van der Waals surface area (Å²) < 4.78 is 13.6. The number of anilines is 1. The van der Waals surface area contributed by atoms with Gasteiger partial charge in [0.2, 0.25) is 0 Å². The van der Waals surface area contributed by atoms with E-state index >= 15 is 0 Å². The molecule has 0 radical (unpaired) electrons. The number of hydrogen-bond acceptors (Lipinski definition) is 2. The lowest BCUT2D eigenvalue weighted by Gasteiger charge is -2.18. The molecule has 4 heteroatoms. The lowest BCUT2D eigenvalue weighted by molar-refractivity contribution is 0.618. The van der Waals surface area contributed by atoms with E-state index in [-0.39, 0.29) is 23.1 Å². The van der Waals surface area contributed by atoms with Crippen LogP contribution < -0.4 is 5.32 Å². The molecule has 3 rings (SSSR count). The zero-order chi connectivity index (χ0) is 12.5. The lowest BCUT2D eigenvalue weighted by Crippen LogP contribution is -2.18. The van der Waals surface area contributed by atoms with Crippen LogP contribution >= 0.6 is 11.6 Å². The monoisotopic (exact) mass is 262 g/mol. The molecule has 0 amide bonds. The average Bonchev–Trinajstić information content (AvgIpc) is 2.69. The molecule has 0 saturated heterocycles. The summed E-state index contributed by atoms with van der Waals surface area (Å²) >= 11 is 6.33. The molecule has 18 heavy (non-hydrogen) atoms. The van der Waals surface area contributed by atoms with Crippen LogP contribution in [0.15, 0.2) is 42.6 Å². The Bertz CT molecular complexity index is 573. The Hall–Kier alpha value is -1.61. The van der Waals surface area contributed by atoms with Gasteiger partial charge in [0.1, 0.15) is 0 Å². The fraction of sp³-hybridized carbons (Fsp3) is 0.214. The van der Waals surface area contributed by atoms with Gasteiger partial charge in [0, 0.05) is 6.20 Å². The maximum absolute atomic E-state index is 13.6. The summed E-state index contributed by atoms with van der Waals surface area (Å²) in [5, 5.41) is 3.02. The van der Waals surface area contributed by atoms with Crippen LogP contribution in [0, 0.1) is 5.82 Å². The van der Waals surface area contributed by atoms with Crippen molar-refractivity contribution in [2.45, 2.75) is 17.8 Å². The number of aromatic nitrogens is 1. The molecule has 92 valence electrons. The molecule has 1 N–H and O–H groups in total. The molecule has 1 aromatic heterocycles. The lowest BCUT2D eigenvalue weighted by atomic mass is 10.1. The number of rotatable bonds is 2. The summed E-state index contributed by atoms with van der Waals surface area (Å²) in [6, 6.07) is 10.9. The molecule has 1 aliphatic carbocycles. The largest absolute Gasteiger partial charge is 0.359 e. The Morgan fingerprint density at radius 1 is 1.22 bits per heavy atom. The number of alkyl halides is 1. The second-order valence-electron chi connectivity index (χ2n) is 4.37. The molecular weight excluding hydrogens is 251 g/mol. The van der Waals surface area contributed by atoms with Gasteiger partial charge in [0.25, 0.3) is 0 Å². The Labute approximate surface area is 110 Å². The fourth-order valence-corrected chi connectivity index (χ4v) is 2.72. The van der Waals surface area contributed by atoms with Gasteiger partial charge in [-0.1, -0.05) is 24.3 Å². The smallest absolute Gasteiger partial charge is 0.165 e. The fourth-order valence-electron chi connectivity index (χ4n) is 2.35. The second kappa shape index (κ2) is 4.58. The van der Waals surface area contributed by atoms with Crippen LogP contribution in [0.5, 0.6) is 0 Å². The van der Waals surface area contributed by atoms with Crippen molar-refractivity contribution < 1.29 is 4.39 Å². The van der Waals surface area contributed by atoms with Crippen LogP contribution in [-0.4, -0.2) is 10.4 Å². The zero-order valence-electron chi connectivity index (χ0n) is 9.61. The number of benzene rings is 1. The minimum atomic E-state index is -0.356. The van der Waals surface area contributed by atoms with E-state index in [0.29, 0.717) is 0 Å². The van der Waals surface area contributed by atoms with E-state index in [1.165, 1.54) is 11.6 Å². The molecule has 0 fully saturated rings. The van der Waals surface area contributed by atoms with E-state index in [0.717, 1.165) is 12.0 Å². The molecule has 1 aromatic carbocycles. The van der Waals surface area contributed by atoms with E-state index in [4.69, 9.17) is 11.6 Å². The van der Waals surface area contributed by atoms with Crippen LogP contribution in [0.25, 0.3) is 0 Å². The molecule has 1 heterocycles. The number of nitrogens with one attached hydrogen (secondary N) is 1. The average molecular weight is 263 g/mol. The number of hydrogen-bond donors (Lipinski definition) is 1. The normalized spacial score (nSPS) is 21.7. The summed E-state index contributed by atoms with van der Waals surface area (Å²) in [6.45, 7) is 0. The predicted octanol–water partition coefficient (Wildman–Crippen LogP) is 3.54. The summed E-state index contributed by atoms with van der Waals surface area (Å²) in [5.41, 5.74) is 2.34. The van der Waals surface area contributed by atoms with E-state index in [9.17, 15) is 4.39 Å². The highest BCUT2D eigenvalue weighted by atomic mass is 35.5. The van der Waals surface area contributed by atoms with Crippen molar-refractivity contribution in [1.29, 1.82) is 0 Å². The topological polar surface area (TPSA) is 24.9 Å². The molecule has 2 aromatic rings. The summed E-state index contributed by atoms with van der Waals surface area (Å²) in [4.78, 5) is 4.00. The Kier molecular flexibility index (Phi) is 2.92. The molecule has 1 aliphatic rings. The quantitative estimate of drug-likeness (QED) is 0.838. The first-order valence-electron chi connectivity index (χ1n) is 5.84. The highest BCUT2D eigenvalue weighted by Gasteiger charge is 2.31. The number of fused-ring (bicyclic) bond motifs is 1. The standard InChI is InChI=1S/C14H12ClFN2/c15-11-8-9-4-1-2-5-10(9)13(11)18-14-12(16)6-3-7-17-14/h1-7,11,13H,8H2,(H,17,18).